The van der Waals surface area contributed by atoms with Crippen molar-refractivity contribution in [3.05, 3.63) is 41.2 Å². The second kappa shape index (κ2) is 6.54. The lowest BCUT2D eigenvalue weighted by Crippen LogP contribution is -2.47. The Kier molecular flexibility index (Phi) is 4.49. The SMILES string of the molecule is CNC1CCCN(C(=O)c2csc(-c3ccc(F)cc3)n2)C1. The van der Waals surface area contributed by atoms with E-state index in [9.17, 15) is 9.18 Å². The number of benzene rings is 1. The van der Waals surface area contributed by atoms with Gasteiger partial charge in [0.2, 0.25) is 0 Å². The van der Waals surface area contributed by atoms with Crippen LogP contribution in [-0.4, -0.2) is 42.0 Å². The summed E-state index contributed by atoms with van der Waals surface area (Å²) in [5.74, 6) is -0.299. The first-order chi connectivity index (χ1) is 10.7. The van der Waals surface area contributed by atoms with Gasteiger partial charge < -0.3 is 10.2 Å². The lowest BCUT2D eigenvalue weighted by atomic mass is 10.1. The van der Waals surface area contributed by atoms with E-state index in [1.54, 1.807) is 17.5 Å². The second-order valence-electron chi connectivity index (χ2n) is 5.42. The van der Waals surface area contributed by atoms with Crippen molar-refractivity contribution in [3.8, 4) is 10.6 Å². The molecular formula is C16H18FN3OS. The summed E-state index contributed by atoms with van der Waals surface area (Å²) in [6, 6.07) is 6.52. The Hall–Kier alpha value is -1.79. The van der Waals surface area contributed by atoms with E-state index < -0.39 is 0 Å². The molecule has 1 aliphatic heterocycles. The number of halogens is 1. The molecule has 0 spiro atoms. The molecule has 0 saturated carbocycles. The Balaban J connectivity index is 1.75. The molecule has 4 nitrogen and oxygen atoms in total. The molecule has 1 fully saturated rings. The Morgan fingerprint density at radius 2 is 2.18 bits per heavy atom. The first-order valence-corrected chi connectivity index (χ1v) is 8.23. The van der Waals surface area contributed by atoms with Crippen LogP contribution in [0.25, 0.3) is 10.6 Å². The highest BCUT2D eigenvalue weighted by molar-refractivity contribution is 7.13. The summed E-state index contributed by atoms with van der Waals surface area (Å²) in [7, 11) is 1.92. The third-order valence-electron chi connectivity index (χ3n) is 3.93. The van der Waals surface area contributed by atoms with E-state index in [1.165, 1.54) is 23.5 Å². The molecule has 1 atom stereocenters. The third kappa shape index (κ3) is 3.18. The van der Waals surface area contributed by atoms with Gasteiger partial charge in [-0.1, -0.05) is 0 Å². The Labute approximate surface area is 133 Å². The van der Waals surface area contributed by atoms with Crippen molar-refractivity contribution in [1.29, 1.82) is 0 Å². The van der Waals surface area contributed by atoms with Crippen LogP contribution in [0.3, 0.4) is 0 Å². The fourth-order valence-electron chi connectivity index (χ4n) is 2.66. The van der Waals surface area contributed by atoms with Crippen LogP contribution in [0.2, 0.25) is 0 Å². The molecule has 0 radical (unpaired) electrons. The number of hydrogen-bond donors (Lipinski definition) is 1. The number of likely N-dealkylation sites (tertiary alicyclic amines) is 1. The number of nitrogens with one attached hydrogen (secondary N) is 1. The number of nitrogens with zero attached hydrogens (tertiary/aromatic N) is 2. The highest BCUT2D eigenvalue weighted by Gasteiger charge is 2.25. The molecule has 1 aromatic heterocycles. The predicted molar refractivity (Wildman–Crippen MR) is 85.5 cm³/mol. The van der Waals surface area contributed by atoms with Gasteiger partial charge in [-0.25, -0.2) is 9.37 Å². The minimum Gasteiger partial charge on any atom is -0.336 e. The number of amides is 1. The monoisotopic (exact) mass is 319 g/mol. The van der Waals surface area contributed by atoms with E-state index in [0.29, 0.717) is 11.7 Å². The molecule has 3 rings (SSSR count). The summed E-state index contributed by atoms with van der Waals surface area (Å²) in [6.45, 7) is 1.50. The number of likely N-dealkylation sites (N-methyl/N-ethyl adjacent to an activating group) is 1. The van der Waals surface area contributed by atoms with E-state index in [4.69, 9.17) is 0 Å². The quantitative estimate of drug-likeness (QED) is 0.946. The molecule has 1 amide bonds. The van der Waals surface area contributed by atoms with Crippen molar-refractivity contribution in [2.75, 3.05) is 20.1 Å². The average molecular weight is 319 g/mol. The molecule has 2 aromatic rings. The minimum atomic E-state index is -0.275. The maximum absolute atomic E-state index is 13.0. The van der Waals surface area contributed by atoms with Crippen LogP contribution >= 0.6 is 11.3 Å². The lowest BCUT2D eigenvalue weighted by Gasteiger charge is -2.32. The summed E-state index contributed by atoms with van der Waals surface area (Å²) in [5.41, 5.74) is 1.30. The zero-order valence-corrected chi connectivity index (χ0v) is 13.2. The Morgan fingerprint density at radius 3 is 2.91 bits per heavy atom. The molecule has 1 aromatic carbocycles. The van der Waals surface area contributed by atoms with Crippen molar-refractivity contribution in [1.82, 2.24) is 15.2 Å². The number of thiazole rings is 1. The van der Waals surface area contributed by atoms with E-state index >= 15 is 0 Å². The van der Waals surface area contributed by atoms with Crippen LogP contribution in [0.4, 0.5) is 4.39 Å². The number of piperidine rings is 1. The van der Waals surface area contributed by atoms with Crippen molar-refractivity contribution in [2.45, 2.75) is 18.9 Å². The fraction of sp³-hybridized carbons (Fsp3) is 0.375. The van der Waals surface area contributed by atoms with Gasteiger partial charge in [0.25, 0.3) is 5.91 Å². The largest absolute Gasteiger partial charge is 0.336 e. The van der Waals surface area contributed by atoms with Gasteiger partial charge in [0.15, 0.2) is 0 Å². The molecule has 1 unspecified atom stereocenters. The molecule has 0 aliphatic carbocycles. The van der Waals surface area contributed by atoms with E-state index in [2.05, 4.69) is 10.3 Å². The van der Waals surface area contributed by atoms with Crippen molar-refractivity contribution >= 4 is 17.2 Å². The van der Waals surface area contributed by atoms with Crippen LogP contribution in [0.15, 0.2) is 29.6 Å². The third-order valence-corrected chi connectivity index (χ3v) is 4.82. The molecule has 1 N–H and O–H groups in total. The summed E-state index contributed by atoms with van der Waals surface area (Å²) in [4.78, 5) is 18.8. The van der Waals surface area contributed by atoms with Crippen molar-refractivity contribution in [3.63, 3.8) is 0 Å². The zero-order chi connectivity index (χ0) is 15.5. The molecular weight excluding hydrogens is 301 g/mol. The normalized spacial score (nSPS) is 18.5. The van der Waals surface area contributed by atoms with Crippen molar-refractivity contribution in [2.24, 2.45) is 0 Å². The van der Waals surface area contributed by atoms with Crippen LogP contribution in [0, 0.1) is 5.82 Å². The molecule has 116 valence electrons. The number of carbonyl (C=O) groups is 1. The van der Waals surface area contributed by atoms with Crippen LogP contribution in [0.5, 0.6) is 0 Å². The van der Waals surface area contributed by atoms with Gasteiger partial charge in [0.1, 0.15) is 16.5 Å². The maximum atomic E-state index is 13.0. The number of aromatic nitrogens is 1. The standard InChI is InChI=1S/C16H18FN3OS/c1-18-13-3-2-8-20(9-13)16(21)14-10-22-15(19-14)11-4-6-12(17)7-5-11/h4-7,10,13,18H,2-3,8-9H2,1H3. The predicted octanol–water partition coefficient (Wildman–Crippen LogP) is 2.77. The first-order valence-electron chi connectivity index (χ1n) is 7.35. The molecule has 0 bridgehead atoms. The number of carbonyl (C=O) groups excluding carboxylic acids is 1. The molecule has 2 heterocycles. The Morgan fingerprint density at radius 1 is 1.41 bits per heavy atom. The second-order valence-corrected chi connectivity index (χ2v) is 6.28. The zero-order valence-electron chi connectivity index (χ0n) is 12.4. The van der Waals surface area contributed by atoms with Gasteiger partial charge in [-0.2, -0.15) is 0 Å². The summed E-state index contributed by atoms with van der Waals surface area (Å²) >= 11 is 1.41. The van der Waals surface area contributed by atoms with Gasteiger partial charge in [-0.05, 0) is 44.2 Å². The highest BCUT2D eigenvalue weighted by atomic mass is 32.1. The molecule has 22 heavy (non-hydrogen) atoms. The lowest BCUT2D eigenvalue weighted by molar-refractivity contribution is 0.0693. The minimum absolute atomic E-state index is 0.0236. The smallest absolute Gasteiger partial charge is 0.273 e. The van der Waals surface area contributed by atoms with Gasteiger partial charge in [-0.3, -0.25) is 4.79 Å². The fourth-order valence-corrected chi connectivity index (χ4v) is 3.46. The molecule has 1 aliphatic rings. The van der Waals surface area contributed by atoms with Crippen molar-refractivity contribution < 1.29 is 9.18 Å². The Bertz CT molecular complexity index is 656. The summed E-state index contributed by atoms with van der Waals surface area (Å²) < 4.78 is 13.0. The summed E-state index contributed by atoms with van der Waals surface area (Å²) in [6.07, 6.45) is 2.10. The van der Waals surface area contributed by atoms with E-state index in [1.807, 2.05) is 11.9 Å². The van der Waals surface area contributed by atoms with Gasteiger partial charge in [0, 0.05) is 30.1 Å². The summed E-state index contributed by atoms with van der Waals surface area (Å²) in [5, 5.41) is 5.75. The maximum Gasteiger partial charge on any atom is 0.273 e. The van der Waals surface area contributed by atoms with E-state index in [-0.39, 0.29) is 11.7 Å². The first kappa shape index (κ1) is 15.1. The molecule has 6 heteroatoms. The highest BCUT2D eigenvalue weighted by Crippen LogP contribution is 2.25. The van der Waals surface area contributed by atoms with Gasteiger partial charge in [-0.15, -0.1) is 11.3 Å². The van der Waals surface area contributed by atoms with Gasteiger partial charge in [0.05, 0.1) is 0 Å². The van der Waals surface area contributed by atoms with E-state index in [0.717, 1.165) is 36.5 Å². The topological polar surface area (TPSA) is 45.2 Å². The average Bonchev–Trinajstić information content (AvgIpc) is 3.05. The van der Waals surface area contributed by atoms with Crippen LogP contribution in [-0.2, 0) is 0 Å². The molecule has 1 saturated heterocycles. The van der Waals surface area contributed by atoms with Crippen LogP contribution < -0.4 is 5.32 Å². The number of rotatable bonds is 3. The van der Waals surface area contributed by atoms with Gasteiger partial charge >= 0.3 is 0 Å². The van der Waals surface area contributed by atoms with Crippen LogP contribution in [0.1, 0.15) is 23.3 Å². The number of hydrogen-bond acceptors (Lipinski definition) is 4.